The first-order chi connectivity index (χ1) is 16.5. The summed E-state index contributed by atoms with van der Waals surface area (Å²) in [4.78, 5) is 23.7. The molecule has 0 saturated carbocycles. The van der Waals surface area contributed by atoms with Gasteiger partial charge in [0, 0.05) is 42.0 Å². The van der Waals surface area contributed by atoms with Gasteiger partial charge in [-0.3, -0.25) is 4.79 Å². The fourth-order valence-electron chi connectivity index (χ4n) is 4.69. The van der Waals surface area contributed by atoms with Gasteiger partial charge in [0.25, 0.3) is 0 Å². The smallest absolute Gasteiger partial charge is 0.224 e. The molecule has 0 spiro atoms. The number of fused-ring (bicyclic) bond motifs is 2. The van der Waals surface area contributed by atoms with E-state index in [1.807, 2.05) is 48.2 Å². The number of carbonyl (C=O) groups excluding carboxylic acids is 1. The van der Waals surface area contributed by atoms with Crippen LogP contribution in [0.1, 0.15) is 31.4 Å². The molecular formula is C27H27ClN4O2. The first kappa shape index (κ1) is 22.4. The highest BCUT2D eigenvalue weighted by atomic mass is 35.5. The summed E-state index contributed by atoms with van der Waals surface area (Å²) in [5.41, 5.74) is 3.21. The molecule has 3 aromatic carbocycles. The van der Waals surface area contributed by atoms with Gasteiger partial charge in [-0.2, -0.15) is 0 Å². The van der Waals surface area contributed by atoms with Crippen molar-refractivity contribution in [1.29, 1.82) is 0 Å². The van der Waals surface area contributed by atoms with E-state index in [9.17, 15) is 9.90 Å². The third kappa shape index (κ3) is 4.50. The number of halogens is 1. The topological polar surface area (TPSA) is 78.4 Å². The molecule has 0 radical (unpaired) electrons. The van der Waals surface area contributed by atoms with Crippen molar-refractivity contribution in [1.82, 2.24) is 14.9 Å². The van der Waals surface area contributed by atoms with Crippen molar-refractivity contribution < 1.29 is 9.90 Å². The van der Waals surface area contributed by atoms with Crippen molar-refractivity contribution in [2.75, 3.05) is 25.0 Å². The Morgan fingerprint density at radius 3 is 2.65 bits per heavy atom. The van der Waals surface area contributed by atoms with Crippen LogP contribution in [-0.4, -0.2) is 45.5 Å². The number of piperidine rings is 1. The number of likely N-dealkylation sites (tertiary alicyclic amines) is 1. The molecule has 1 saturated heterocycles. The zero-order valence-electron chi connectivity index (χ0n) is 19.1. The van der Waals surface area contributed by atoms with Crippen LogP contribution in [0.4, 0.5) is 5.95 Å². The first-order valence-electron chi connectivity index (χ1n) is 11.7. The van der Waals surface area contributed by atoms with Crippen molar-refractivity contribution >= 4 is 45.1 Å². The van der Waals surface area contributed by atoms with Crippen molar-refractivity contribution in [3.8, 4) is 16.9 Å². The molecule has 1 aliphatic rings. The van der Waals surface area contributed by atoms with Crippen LogP contribution in [0.5, 0.6) is 5.75 Å². The molecule has 0 atom stereocenters. The van der Waals surface area contributed by atoms with Gasteiger partial charge in [-0.1, -0.05) is 35.9 Å². The molecule has 174 valence electrons. The number of phenolic OH excluding ortho intramolecular Hbond substituents is 1. The van der Waals surface area contributed by atoms with E-state index in [-0.39, 0.29) is 11.7 Å². The standard InChI is InChI=1S/C27H27ClN4O2/c1-17-21-15-24(28)23(22-14-19(33)13-18-7-3-4-8-20(18)22)16-25(21)31-27(30-17)29-10-9-26(34)32-11-5-2-6-12-32/h3-4,7-8,13-16,33H,2,5-6,9-12H2,1H3,(H,29,30,31). The number of phenols is 1. The minimum atomic E-state index is 0.176. The molecule has 2 heterocycles. The van der Waals surface area contributed by atoms with Crippen molar-refractivity contribution in [2.24, 2.45) is 0 Å². The molecule has 4 aromatic rings. The first-order valence-corrected chi connectivity index (χ1v) is 12.1. The summed E-state index contributed by atoms with van der Waals surface area (Å²) < 4.78 is 0. The SMILES string of the molecule is Cc1nc(NCCC(=O)N2CCCCC2)nc2cc(-c3cc(O)cc4ccccc34)c(Cl)cc12. The van der Waals surface area contributed by atoms with Gasteiger partial charge in [0.15, 0.2) is 0 Å². The summed E-state index contributed by atoms with van der Waals surface area (Å²) >= 11 is 6.70. The molecule has 6 nitrogen and oxygen atoms in total. The summed E-state index contributed by atoms with van der Waals surface area (Å²) in [6, 6.07) is 15.2. The second kappa shape index (κ2) is 9.47. The van der Waals surface area contributed by atoms with Gasteiger partial charge >= 0.3 is 0 Å². The number of nitrogens with one attached hydrogen (secondary N) is 1. The van der Waals surface area contributed by atoms with E-state index in [4.69, 9.17) is 16.6 Å². The molecule has 2 N–H and O–H groups in total. The molecule has 1 amide bonds. The van der Waals surface area contributed by atoms with Crippen LogP contribution in [0.3, 0.4) is 0 Å². The molecule has 0 unspecified atom stereocenters. The number of rotatable bonds is 5. The molecule has 1 fully saturated rings. The van der Waals surface area contributed by atoms with Crippen molar-refractivity contribution in [2.45, 2.75) is 32.6 Å². The molecule has 0 bridgehead atoms. The Kier molecular flexibility index (Phi) is 6.24. The van der Waals surface area contributed by atoms with E-state index >= 15 is 0 Å². The summed E-state index contributed by atoms with van der Waals surface area (Å²) in [7, 11) is 0. The molecule has 34 heavy (non-hydrogen) atoms. The van der Waals surface area contributed by atoms with E-state index < -0.39 is 0 Å². The number of carbonyl (C=O) groups is 1. The lowest BCUT2D eigenvalue weighted by Crippen LogP contribution is -2.36. The fourth-order valence-corrected chi connectivity index (χ4v) is 4.95. The van der Waals surface area contributed by atoms with Crippen LogP contribution in [0.25, 0.3) is 32.8 Å². The zero-order chi connectivity index (χ0) is 23.7. The number of amides is 1. The number of hydrogen-bond acceptors (Lipinski definition) is 5. The number of anilines is 1. The van der Waals surface area contributed by atoms with Gasteiger partial charge < -0.3 is 15.3 Å². The monoisotopic (exact) mass is 474 g/mol. The summed E-state index contributed by atoms with van der Waals surface area (Å²) in [5.74, 6) is 0.851. The Hall–Kier alpha value is -3.38. The third-order valence-corrected chi connectivity index (χ3v) is 6.76. The van der Waals surface area contributed by atoms with E-state index in [0.717, 1.165) is 64.4 Å². The Bertz CT molecular complexity index is 1380. The molecule has 5 rings (SSSR count). The van der Waals surface area contributed by atoms with Crippen molar-refractivity contribution in [3.63, 3.8) is 0 Å². The zero-order valence-corrected chi connectivity index (χ0v) is 19.9. The van der Waals surface area contributed by atoms with Crippen LogP contribution < -0.4 is 5.32 Å². The summed E-state index contributed by atoms with van der Waals surface area (Å²) in [5, 5.41) is 16.9. The number of benzene rings is 3. The lowest BCUT2D eigenvalue weighted by Gasteiger charge is -2.26. The highest BCUT2D eigenvalue weighted by Gasteiger charge is 2.17. The van der Waals surface area contributed by atoms with Crippen LogP contribution >= 0.6 is 11.6 Å². The fraction of sp³-hybridized carbons (Fsp3) is 0.296. The van der Waals surface area contributed by atoms with Gasteiger partial charge in [0.1, 0.15) is 5.75 Å². The Labute approximate surface area is 203 Å². The Balaban J connectivity index is 1.44. The van der Waals surface area contributed by atoms with E-state index in [2.05, 4.69) is 10.3 Å². The average Bonchev–Trinajstić information content (AvgIpc) is 2.84. The molecule has 1 aliphatic heterocycles. The largest absolute Gasteiger partial charge is 0.508 e. The second-order valence-corrected chi connectivity index (χ2v) is 9.22. The minimum Gasteiger partial charge on any atom is -0.508 e. The normalized spacial score (nSPS) is 14.0. The van der Waals surface area contributed by atoms with Gasteiger partial charge in [-0.05, 0) is 66.8 Å². The van der Waals surface area contributed by atoms with Gasteiger partial charge in [-0.25, -0.2) is 9.97 Å². The van der Waals surface area contributed by atoms with E-state index in [1.165, 1.54) is 6.42 Å². The lowest BCUT2D eigenvalue weighted by molar-refractivity contribution is -0.131. The van der Waals surface area contributed by atoms with Crippen molar-refractivity contribution in [3.05, 3.63) is 59.2 Å². The molecular weight excluding hydrogens is 448 g/mol. The predicted octanol–water partition coefficient (Wildman–Crippen LogP) is 5.93. The highest BCUT2D eigenvalue weighted by Crippen LogP contribution is 2.38. The quantitative estimate of drug-likeness (QED) is 0.374. The van der Waals surface area contributed by atoms with Crippen LogP contribution in [0.2, 0.25) is 5.02 Å². The number of aromatic nitrogens is 2. The minimum absolute atomic E-state index is 0.176. The lowest BCUT2D eigenvalue weighted by atomic mass is 9.96. The average molecular weight is 475 g/mol. The Morgan fingerprint density at radius 2 is 1.82 bits per heavy atom. The number of aromatic hydroxyl groups is 1. The van der Waals surface area contributed by atoms with Gasteiger partial charge in [0.05, 0.1) is 11.2 Å². The molecule has 0 aliphatic carbocycles. The number of hydrogen-bond donors (Lipinski definition) is 2. The second-order valence-electron chi connectivity index (χ2n) is 8.81. The molecule has 1 aromatic heterocycles. The maximum atomic E-state index is 12.5. The van der Waals surface area contributed by atoms with Crippen LogP contribution in [0, 0.1) is 6.92 Å². The van der Waals surface area contributed by atoms with Gasteiger partial charge in [-0.15, -0.1) is 0 Å². The van der Waals surface area contributed by atoms with Crippen LogP contribution in [0.15, 0.2) is 48.5 Å². The predicted molar refractivity (Wildman–Crippen MR) is 137 cm³/mol. The maximum Gasteiger partial charge on any atom is 0.224 e. The highest BCUT2D eigenvalue weighted by molar-refractivity contribution is 6.34. The Morgan fingerprint density at radius 1 is 1.03 bits per heavy atom. The summed E-state index contributed by atoms with van der Waals surface area (Å²) in [6.07, 6.45) is 3.80. The van der Waals surface area contributed by atoms with E-state index in [1.54, 1.807) is 12.1 Å². The van der Waals surface area contributed by atoms with Gasteiger partial charge in [0.2, 0.25) is 11.9 Å². The van der Waals surface area contributed by atoms with E-state index in [0.29, 0.717) is 23.9 Å². The number of aryl methyl sites for hydroxylation is 1. The third-order valence-electron chi connectivity index (χ3n) is 6.44. The molecule has 7 heteroatoms. The number of nitrogens with zero attached hydrogens (tertiary/aromatic N) is 3. The van der Waals surface area contributed by atoms with Crippen LogP contribution in [-0.2, 0) is 4.79 Å². The summed E-state index contributed by atoms with van der Waals surface area (Å²) in [6.45, 7) is 4.13. The maximum absolute atomic E-state index is 12.5.